The van der Waals surface area contributed by atoms with Gasteiger partial charge in [-0.25, -0.2) is 0 Å². The van der Waals surface area contributed by atoms with E-state index >= 15 is 0 Å². The van der Waals surface area contributed by atoms with Crippen molar-refractivity contribution in [3.8, 4) is 0 Å². The van der Waals surface area contributed by atoms with Crippen LogP contribution in [0.25, 0.3) is 0 Å². The molecule has 11 heteroatoms. The predicted octanol–water partition coefficient (Wildman–Crippen LogP) is 2.54. The lowest BCUT2D eigenvalue weighted by atomic mass is 10.1. The van der Waals surface area contributed by atoms with Crippen LogP contribution in [0.2, 0.25) is 11.2 Å². The zero-order valence-corrected chi connectivity index (χ0v) is 26.1. The quantitative estimate of drug-likeness (QED) is 0.165. The molecule has 201 valence electrons. The summed E-state index contributed by atoms with van der Waals surface area (Å²) in [5.74, 6) is 0. The zero-order chi connectivity index (χ0) is 25.2. The van der Waals surface area contributed by atoms with E-state index in [-0.39, 0.29) is 0 Å². The molecule has 1 heterocycles. The van der Waals surface area contributed by atoms with Gasteiger partial charge < -0.3 is 36.8 Å². The molecule has 0 aromatic rings. The van der Waals surface area contributed by atoms with Crippen molar-refractivity contribution in [3.05, 3.63) is 0 Å². The first kappa shape index (κ1) is 32.4. The number of piperazine rings is 1. The van der Waals surface area contributed by atoms with Crippen molar-refractivity contribution in [1.29, 1.82) is 0 Å². The minimum atomic E-state index is -2.64. The van der Waals surface area contributed by atoms with Crippen molar-refractivity contribution < 1.29 is 22.1 Å². The molecule has 8 nitrogen and oxygen atoms in total. The predicted molar refractivity (Wildman–Crippen MR) is 145 cm³/mol. The van der Waals surface area contributed by atoms with E-state index in [1.54, 1.807) is 35.5 Å². The number of unbranched alkanes of at least 4 members (excludes halogenated alkanes) is 4. The lowest BCUT2D eigenvalue weighted by Crippen LogP contribution is -2.51. The average molecular weight is 535 g/mol. The van der Waals surface area contributed by atoms with E-state index in [9.17, 15) is 0 Å². The van der Waals surface area contributed by atoms with Gasteiger partial charge in [0.25, 0.3) is 0 Å². The first-order valence-corrected chi connectivity index (χ1v) is 17.5. The number of hydrogen-bond acceptors (Lipinski definition) is 8. The maximum absolute atomic E-state index is 5.89. The smallest absolute Gasteiger partial charge is 0.397 e. The Balaban J connectivity index is 2.34. The fraction of sp³-hybridized carbons (Fsp3) is 1.00. The molecule has 1 saturated heterocycles. The molecule has 1 atom stereocenters. The Hall–Kier alpha value is 0.331. The summed E-state index contributed by atoms with van der Waals surface area (Å²) in [6.45, 7) is 7.19. The molecule has 1 rings (SSSR count). The van der Waals surface area contributed by atoms with Crippen LogP contribution in [0.1, 0.15) is 44.9 Å². The monoisotopic (exact) mass is 534 g/mol. The third kappa shape index (κ3) is 12.5. The Bertz CT molecular complexity index is 475. The molecule has 3 radical (unpaired) electrons. The second-order valence-corrected chi connectivity index (χ2v) is 16.5. The van der Waals surface area contributed by atoms with Gasteiger partial charge in [0.2, 0.25) is 0 Å². The summed E-state index contributed by atoms with van der Waals surface area (Å²) in [5, 5.41) is 0.359. The molecule has 1 aliphatic rings. The van der Waals surface area contributed by atoms with Crippen molar-refractivity contribution in [3.63, 3.8) is 0 Å². The van der Waals surface area contributed by atoms with Gasteiger partial charge in [-0.2, -0.15) is 0 Å². The van der Waals surface area contributed by atoms with Gasteiger partial charge in [0.05, 0.1) is 9.52 Å². The normalized spacial score (nSPS) is 17.2. The lowest BCUT2D eigenvalue weighted by molar-refractivity contribution is 0.118. The molecule has 0 aliphatic carbocycles. The van der Waals surface area contributed by atoms with Crippen molar-refractivity contribution in [2.45, 2.75) is 56.2 Å². The first-order chi connectivity index (χ1) is 16.4. The van der Waals surface area contributed by atoms with Gasteiger partial charge in [0.15, 0.2) is 0 Å². The topological polar surface area (TPSA) is 55.9 Å². The van der Waals surface area contributed by atoms with Gasteiger partial charge >= 0.3 is 18.1 Å². The summed E-state index contributed by atoms with van der Waals surface area (Å²) in [5.41, 5.74) is 0. The van der Waals surface area contributed by atoms with Crippen LogP contribution < -0.4 is 0 Å². The molecule has 0 N–H and O–H groups in total. The van der Waals surface area contributed by atoms with Crippen molar-refractivity contribution >= 4 is 27.6 Å². The standard InChI is InChI=1S/C23H52N3O5Si3/c1-24-17-19-26(20-18-24)16-12-10-8-9-11-14-23(34(29-5,30-6)31-7)32-22-25(2)15-13-21-33(27-3)28-4/h23H,8-22H2,1-7H3. The Labute approximate surface area is 215 Å². The SMILES string of the molecule is CO[Si](CCCN(C)C[Si]C(CCCCCCCN1CCN(C)CC1)[Si](OC)(OC)OC)OC. The van der Waals surface area contributed by atoms with Gasteiger partial charge in [-0.15, -0.1) is 0 Å². The minimum absolute atomic E-state index is 0.359. The fourth-order valence-electron chi connectivity index (χ4n) is 4.49. The van der Waals surface area contributed by atoms with Gasteiger partial charge in [-0.05, 0) is 58.7 Å². The van der Waals surface area contributed by atoms with Gasteiger partial charge in [-0.3, -0.25) is 0 Å². The third-order valence-corrected chi connectivity index (χ3v) is 14.5. The highest BCUT2D eigenvalue weighted by atomic mass is 28.4. The highest BCUT2D eigenvalue weighted by Crippen LogP contribution is 2.29. The third-order valence-electron chi connectivity index (χ3n) is 6.83. The Kier molecular flexibility index (Phi) is 18.5. The summed E-state index contributed by atoms with van der Waals surface area (Å²) >= 11 is 0. The van der Waals surface area contributed by atoms with Crippen molar-refractivity contribution in [2.75, 3.05) is 95.1 Å². The first-order valence-electron chi connectivity index (χ1n) is 12.9. The lowest BCUT2D eigenvalue weighted by Gasteiger charge is -2.33. The number of rotatable bonds is 21. The highest BCUT2D eigenvalue weighted by molar-refractivity contribution is 6.73. The molecule has 0 bridgehead atoms. The zero-order valence-electron chi connectivity index (χ0n) is 23.1. The molecule has 0 saturated carbocycles. The molecule has 34 heavy (non-hydrogen) atoms. The van der Waals surface area contributed by atoms with E-state index in [2.05, 4.69) is 28.8 Å². The second-order valence-electron chi connectivity index (χ2n) is 9.30. The Morgan fingerprint density at radius 3 is 2.03 bits per heavy atom. The number of likely N-dealkylation sites (N-methyl/N-ethyl adjacent to an activating group) is 1. The Morgan fingerprint density at radius 2 is 1.44 bits per heavy atom. The van der Waals surface area contributed by atoms with E-state index in [0.717, 1.165) is 41.1 Å². The average Bonchev–Trinajstić information content (AvgIpc) is 2.86. The van der Waals surface area contributed by atoms with E-state index in [1.807, 2.05) is 0 Å². The van der Waals surface area contributed by atoms with Crippen molar-refractivity contribution in [2.24, 2.45) is 0 Å². The minimum Gasteiger partial charge on any atom is -0.397 e. The molecule has 1 fully saturated rings. The molecular formula is C23H52N3O5Si3. The van der Waals surface area contributed by atoms with Gasteiger partial charge in [0.1, 0.15) is 0 Å². The maximum Gasteiger partial charge on any atom is 0.500 e. The maximum atomic E-state index is 5.89. The molecule has 1 aliphatic heterocycles. The summed E-state index contributed by atoms with van der Waals surface area (Å²) in [7, 11) is 10.2. The highest BCUT2D eigenvalue weighted by Gasteiger charge is 2.46. The van der Waals surface area contributed by atoms with E-state index in [0.29, 0.717) is 5.16 Å². The summed E-state index contributed by atoms with van der Waals surface area (Å²) in [6.07, 6.45) is 9.71. The van der Waals surface area contributed by atoms with E-state index in [1.165, 1.54) is 64.8 Å². The van der Waals surface area contributed by atoms with Crippen LogP contribution in [0.5, 0.6) is 0 Å². The summed E-state index contributed by atoms with van der Waals surface area (Å²) < 4.78 is 28.5. The largest absolute Gasteiger partial charge is 0.500 e. The molecule has 0 aromatic heterocycles. The van der Waals surface area contributed by atoms with Gasteiger partial charge in [0, 0.05) is 66.9 Å². The fourth-order valence-corrected chi connectivity index (χ4v) is 10.9. The van der Waals surface area contributed by atoms with Crippen LogP contribution in [0, 0.1) is 0 Å². The van der Waals surface area contributed by atoms with Crippen LogP contribution in [0.15, 0.2) is 0 Å². The van der Waals surface area contributed by atoms with E-state index in [4.69, 9.17) is 22.1 Å². The van der Waals surface area contributed by atoms with Crippen LogP contribution in [0.4, 0.5) is 0 Å². The molecule has 0 aromatic carbocycles. The van der Waals surface area contributed by atoms with Crippen LogP contribution in [-0.2, 0) is 22.1 Å². The molecule has 0 amide bonds. The number of hydrogen-bond donors (Lipinski definition) is 0. The Morgan fingerprint density at radius 1 is 0.853 bits per heavy atom. The van der Waals surface area contributed by atoms with Crippen molar-refractivity contribution in [1.82, 2.24) is 14.7 Å². The molecule has 1 unspecified atom stereocenters. The molecule has 0 spiro atoms. The summed E-state index contributed by atoms with van der Waals surface area (Å²) in [4.78, 5) is 7.46. The van der Waals surface area contributed by atoms with Crippen LogP contribution in [-0.4, -0.2) is 137 Å². The number of nitrogens with zero attached hydrogens (tertiary/aromatic N) is 3. The second kappa shape index (κ2) is 19.4. The van der Waals surface area contributed by atoms with Gasteiger partial charge in [-0.1, -0.05) is 25.7 Å². The van der Waals surface area contributed by atoms with Crippen LogP contribution >= 0.6 is 0 Å². The summed E-state index contributed by atoms with van der Waals surface area (Å²) in [6, 6.07) is 1.01. The van der Waals surface area contributed by atoms with E-state index < -0.39 is 18.1 Å². The van der Waals surface area contributed by atoms with Crippen LogP contribution in [0.3, 0.4) is 0 Å². The molecular weight excluding hydrogens is 483 g/mol.